The molecule has 1 aliphatic heterocycles. The first-order valence-corrected chi connectivity index (χ1v) is 7.91. The number of hydrogen-bond donors (Lipinski definition) is 1. The van der Waals surface area contributed by atoms with Gasteiger partial charge in [-0.1, -0.05) is 17.7 Å². The molecule has 1 fully saturated rings. The van der Waals surface area contributed by atoms with Gasteiger partial charge in [0.05, 0.1) is 0 Å². The zero-order valence-electron chi connectivity index (χ0n) is 13.3. The Labute approximate surface area is 127 Å². The molecule has 1 heterocycles. The van der Waals surface area contributed by atoms with Crippen LogP contribution in [0.25, 0.3) is 0 Å². The van der Waals surface area contributed by atoms with Crippen LogP contribution in [0.1, 0.15) is 34.3 Å². The van der Waals surface area contributed by atoms with Gasteiger partial charge in [0.15, 0.2) is 0 Å². The maximum Gasteiger partial charge on any atom is 0.254 e. The summed E-state index contributed by atoms with van der Waals surface area (Å²) >= 11 is 0. The molecular formula is C17H27N3O. The van der Waals surface area contributed by atoms with Gasteiger partial charge in [-0.15, -0.1) is 0 Å². The average Bonchev–Trinajstić information content (AvgIpc) is 2.50. The number of piperazine rings is 1. The molecule has 1 aromatic carbocycles. The summed E-state index contributed by atoms with van der Waals surface area (Å²) in [5.74, 6) is 0.179. The number of unbranched alkanes of at least 4 members (excludes halogenated alkanes) is 1. The lowest BCUT2D eigenvalue weighted by Gasteiger charge is -2.35. The number of carbonyl (C=O) groups is 1. The van der Waals surface area contributed by atoms with Crippen molar-refractivity contribution < 1.29 is 4.79 Å². The minimum Gasteiger partial charge on any atom is -0.336 e. The number of nitrogens with zero attached hydrogens (tertiary/aromatic N) is 2. The van der Waals surface area contributed by atoms with Gasteiger partial charge in [0.2, 0.25) is 0 Å². The van der Waals surface area contributed by atoms with E-state index < -0.39 is 0 Å². The summed E-state index contributed by atoms with van der Waals surface area (Å²) in [6.07, 6.45) is 2.24. The zero-order valence-corrected chi connectivity index (χ0v) is 13.3. The van der Waals surface area contributed by atoms with Gasteiger partial charge < -0.3 is 10.6 Å². The standard InChI is InChI=1S/C17H27N3O/c1-14-5-6-15(2)16(13-14)17(21)20-11-9-19(10-12-20)8-4-3-7-18/h5-6,13H,3-4,7-12,18H2,1-2H3. The number of rotatable bonds is 5. The van der Waals surface area contributed by atoms with Crippen LogP contribution in [0.5, 0.6) is 0 Å². The molecule has 2 N–H and O–H groups in total. The topological polar surface area (TPSA) is 49.6 Å². The van der Waals surface area contributed by atoms with Crippen molar-refractivity contribution in [3.05, 3.63) is 34.9 Å². The van der Waals surface area contributed by atoms with Crippen molar-refractivity contribution in [2.24, 2.45) is 5.73 Å². The molecule has 0 aromatic heterocycles. The first kappa shape index (κ1) is 16.0. The van der Waals surface area contributed by atoms with E-state index in [-0.39, 0.29) is 5.91 Å². The van der Waals surface area contributed by atoms with Crippen molar-refractivity contribution in [2.75, 3.05) is 39.3 Å². The first-order chi connectivity index (χ1) is 10.1. The monoisotopic (exact) mass is 289 g/mol. The quantitative estimate of drug-likeness (QED) is 0.841. The SMILES string of the molecule is Cc1ccc(C)c(C(=O)N2CCN(CCCCN)CC2)c1. The number of amides is 1. The van der Waals surface area contributed by atoms with E-state index in [0.29, 0.717) is 0 Å². The molecule has 1 saturated heterocycles. The van der Waals surface area contributed by atoms with Gasteiger partial charge in [-0.2, -0.15) is 0 Å². The smallest absolute Gasteiger partial charge is 0.254 e. The highest BCUT2D eigenvalue weighted by atomic mass is 16.2. The molecule has 4 nitrogen and oxygen atoms in total. The van der Waals surface area contributed by atoms with Crippen molar-refractivity contribution in [3.8, 4) is 0 Å². The molecule has 0 spiro atoms. The molecule has 0 bridgehead atoms. The molecule has 4 heteroatoms. The van der Waals surface area contributed by atoms with E-state index in [1.807, 2.05) is 30.9 Å². The Morgan fingerprint density at radius 1 is 1.14 bits per heavy atom. The van der Waals surface area contributed by atoms with Crippen LogP contribution in [0.15, 0.2) is 18.2 Å². The van der Waals surface area contributed by atoms with Crippen molar-refractivity contribution in [1.29, 1.82) is 0 Å². The Morgan fingerprint density at radius 2 is 1.86 bits per heavy atom. The minimum absolute atomic E-state index is 0.179. The van der Waals surface area contributed by atoms with Crippen molar-refractivity contribution in [3.63, 3.8) is 0 Å². The number of nitrogens with two attached hydrogens (primary N) is 1. The molecule has 0 radical (unpaired) electrons. The van der Waals surface area contributed by atoms with Gasteiger partial charge in [-0.3, -0.25) is 9.69 Å². The molecule has 116 valence electrons. The maximum absolute atomic E-state index is 12.6. The lowest BCUT2D eigenvalue weighted by Crippen LogP contribution is -2.49. The molecular weight excluding hydrogens is 262 g/mol. The largest absolute Gasteiger partial charge is 0.336 e. The van der Waals surface area contributed by atoms with Crippen LogP contribution in [0, 0.1) is 13.8 Å². The summed E-state index contributed by atoms with van der Waals surface area (Å²) in [7, 11) is 0. The van der Waals surface area contributed by atoms with Gasteiger partial charge in [0.25, 0.3) is 5.91 Å². The molecule has 0 aliphatic carbocycles. The van der Waals surface area contributed by atoms with Gasteiger partial charge in [-0.05, 0) is 51.4 Å². The highest BCUT2D eigenvalue weighted by Gasteiger charge is 2.22. The van der Waals surface area contributed by atoms with Gasteiger partial charge in [0, 0.05) is 31.7 Å². The highest BCUT2D eigenvalue weighted by Crippen LogP contribution is 2.15. The lowest BCUT2D eigenvalue weighted by molar-refractivity contribution is 0.0635. The lowest BCUT2D eigenvalue weighted by atomic mass is 10.0. The van der Waals surface area contributed by atoms with Crippen molar-refractivity contribution >= 4 is 5.91 Å². The van der Waals surface area contributed by atoms with Crippen LogP contribution in [-0.2, 0) is 0 Å². The van der Waals surface area contributed by atoms with Crippen LogP contribution in [-0.4, -0.2) is 55.0 Å². The summed E-state index contributed by atoms with van der Waals surface area (Å²) in [6, 6.07) is 6.10. The van der Waals surface area contributed by atoms with Crippen LogP contribution < -0.4 is 5.73 Å². The highest BCUT2D eigenvalue weighted by molar-refractivity contribution is 5.95. The van der Waals surface area contributed by atoms with Crippen LogP contribution >= 0.6 is 0 Å². The minimum atomic E-state index is 0.179. The van der Waals surface area contributed by atoms with Crippen LogP contribution in [0.2, 0.25) is 0 Å². The van der Waals surface area contributed by atoms with Crippen molar-refractivity contribution in [2.45, 2.75) is 26.7 Å². The third-order valence-corrected chi connectivity index (χ3v) is 4.21. The maximum atomic E-state index is 12.6. The van der Waals surface area contributed by atoms with Crippen molar-refractivity contribution in [1.82, 2.24) is 9.80 Å². The summed E-state index contributed by atoms with van der Waals surface area (Å²) in [4.78, 5) is 17.1. The molecule has 2 rings (SSSR count). The Balaban J connectivity index is 1.89. The van der Waals surface area contributed by atoms with Gasteiger partial charge in [-0.25, -0.2) is 0 Å². The molecule has 0 saturated carbocycles. The Kier molecular flexibility index (Phi) is 5.76. The molecule has 21 heavy (non-hydrogen) atoms. The van der Waals surface area contributed by atoms with E-state index in [1.165, 1.54) is 0 Å². The van der Waals surface area contributed by atoms with Crippen LogP contribution in [0.4, 0.5) is 0 Å². The second kappa shape index (κ2) is 7.57. The molecule has 1 amide bonds. The predicted octanol–water partition coefficient (Wildman–Crippen LogP) is 1.80. The number of carbonyl (C=O) groups excluding carboxylic acids is 1. The van der Waals surface area contributed by atoms with E-state index in [2.05, 4.69) is 11.0 Å². The molecule has 0 unspecified atom stereocenters. The average molecular weight is 289 g/mol. The van der Waals surface area contributed by atoms with E-state index in [0.717, 1.165) is 68.8 Å². The number of aryl methyl sites for hydroxylation is 2. The number of hydrogen-bond acceptors (Lipinski definition) is 3. The third-order valence-electron chi connectivity index (χ3n) is 4.21. The van der Waals surface area contributed by atoms with Gasteiger partial charge >= 0.3 is 0 Å². The predicted molar refractivity (Wildman–Crippen MR) is 86.5 cm³/mol. The summed E-state index contributed by atoms with van der Waals surface area (Å²) < 4.78 is 0. The fourth-order valence-electron chi connectivity index (χ4n) is 2.79. The Morgan fingerprint density at radius 3 is 2.52 bits per heavy atom. The molecule has 1 aliphatic rings. The fourth-order valence-corrected chi connectivity index (χ4v) is 2.79. The first-order valence-electron chi connectivity index (χ1n) is 7.91. The summed E-state index contributed by atoms with van der Waals surface area (Å²) in [5, 5.41) is 0. The second-order valence-electron chi connectivity index (χ2n) is 5.95. The summed E-state index contributed by atoms with van der Waals surface area (Å²) in [5.41, 5.74) is 8.59. The zero-order chi connectivity index (χ0) is 15.2. The third kappa shape index (κ3) is 4.29. The Hall–Kier alpha value is -1.39. The Bertz CT molecular complexity index is 479. The molecule has 0 atom stereocenters. The number of benzene rings is 1. The van der Waals surface area contributed by atoms with Gasteiger partial charge in [0.1, 0.15) is 0 Å². The summed E-state index contributed by atoms with van der Waals surface area (Å²) in [6.45, 7) is 9.52. The second-order valence-corrected chi connectivity index (χ2v) is 5.95. The van der Waals surface area contributed by atoms with E-state index in [9.17, 15) is 4.79 Å². The fraction of sp³-hybridized carbons (Fsp3) is 0.588. The molecule has 1 aromatic rings. The van der Waals surface area contributed by atoms with Crippen LogP contribution in [0.3, 0.4) is 0 Å². The van der Waals surface area contributed by atoms with E-state index in [4.69, 9.17) is 5.73 Å². The normalized spacial score (nSPS) is 16.2. The van der Waals surface area contributed by atoms with E-state index in [1.54, 1.807) is 0 Å². The van der Waals surface area contributed by atoms with E-state index >= 15 is 0 Å².